The van der Waals surface area contributed by atoms with Gasteiger partial charge in [0.2, 0.25) is 5.91 Å². The third-order valence-corrected chi connectivity index (χ3v) is 5.57. The number of amides is 2. The van der Waals surface area contributed by atoms with Crippen LogP contribution >= 0.6 is 0 Å². The van der Waals surface area contributed by atoms with E-state index >= 15 is 0 Å². The Bertz CT molecular complexity index is 1120. The highest BCUT2D eigenvalue weighted by Crippen LogP contribution is 2.42. The molecule has 1 aliphatic heterocycles. The van der Waals surface area contributed by atoms with Gasteiger partial charge in [0.05, 0.1) is 18.1 Å². The van der Waals surface area contributed by atoms with Gasteiger partial charge in [0.25, 0.3) is 5.91 Å². The number of imidazole rings is 1. The fraction of sp³-hybridized carbons (Fsp3) is 0.381. The van der Waals surface area contributed by atoms with Crippen LogP contribution in [0.1, 0.15) is 39.8 Å². The topological polar surface area (TPSA) is 124 Å². The molecule has 3 aromatic rings. The zero-order chi connectivity index (χ0) is 21.4. The lowest BCUT2D eigenvalue weighted by atomic mass is 9.91. The Balaban J connectivity index is 1.83. The number of primary amides is 1. The van der Waals surface area contributed by atoms with Crippen molar-refractivity contribution in [3.63, 3.8) is 0 Å². The summed E-state index contributed by atoms with van der Waals surface area (Å²) in [6.45, 7) is 2.55. The van der Waals surface area contributed by atoms with Gasteiger partial charge in [0, 0.05) is 43.5 Å². The summed E-state index contributed by atoms with van der Waals surface area (Å²) in [4.78, 5) is 31.1. The Hall–Kier alpha value is -3.33. The first kappa shape index (κ1) is 20.0. The van der Waals surface area contributed by atoms with Crippen molar-refractivity contribution in [3.8, 4) is 5.75 Å². The molecule has 2 aromatic heterocycles. The Kier molecular flexibility index (Phi) is 5.21. The maximum Gasteiger partial charge on any atom is 0.252 e. The molecule has 1 unspecified atom stereocenters. The SMILES string of the molecule is Cc1oc2ccc(OCc3nccn3C)c(C3CCN(CCO)C3=O)c2c1C(N)=O. The molecule has 1 atom stereocenters. The summed E-state index contributed by atoms with van der Waals surface area (Å²) in [7, 11) is 1.87. The molecule has 1 fully saturated rings. The molecule has 4 rings (SSSR count). The van der Waals surface area contributed by atoms with Gasteiger partial charge in [-0.2, -0.15) is 0 Å². The molecule has 0 spiro atoms. The van der Waals surface area contributed by atoms with Crippen LogP contribution in [0.25, 0.3) is 11.0 Å². The number of aliphatic hydroxyl groups is 1. The fourth-order valence-electron chi connectivity index (χ4n) is 4.11. The van der Waals surface area contributed by atoms with E-state index in [9.17, 15) is 14.7 Å². The van der Waals surface area contributed by atoms with Crippen molar-refractivity contribution in [2.24, 2.45) is 12.8 Å². The van der Waals surface area contributed by atoms with Gasteiger partial charge >= 0.3 is 0 Å². The molecular formula is C21H24N4O5. The highest BCUT2D eigenvalue weighted by molar-refractivity contribution is 6.09. The lowest BCUT2D eigenvalue weighted by Gasteiger charge is -2.19. The third-order valence-electron chi connectivity index (χ3n) is 5.57. The van der Waals surface area contributed by atoms with Crippen LogP contribution in [0, 0.1) is 6.92 Å². The Morgan fingerprint density at radius 3 is 2.90 bits per heavy atom. The summed E-state index contributed by atoms with van der Waals surface area (Å²) in [6.07, 6.45) is 4.04. The van der Waals surface area contributed by atoms with Gasteiger partial charge in [-0.1, -0.05) is 0 Å². The van der Waals surface area contributed by atoms with E-state index in [4.69, 9.17) is 14.9 Å². The molecule has 1 aromatic carbocycles. The number of nitrogens with two attached hydrogens (primary N) is 1. The summed E-state index contributed by atoms with van der Waals surface area (Å²) in [5.41, 5.74) is 6.98. The maximum absolute atomic E-state index is 13.1. The van der Waals surface area contributed by atoms with E-state index in [0.29, 0.717) is 41.0 Å². The molecular weight excluding hydrogens is 388 g/mol. The number of aliphatic hydroxyl groups excluding tert-OH is 1. The zero-order valence-corrected chi connectivity index (χ0v) is 16.9. The smallest absolute Gasteiger partial charge is 0.252 e. The van der Waals surface area contributed by atoms with Crippen LogP contribution < -0.4 is 10.5 Å². The van der Waals surface area contributed by atoms with Gasteiger partial charge in [0.15, 0.2) is 0 Å². The average molecular weight is 412 g/mol. The van der Waals surface area contributed by atoms with Crippen molar-refractivity contribution >= 4 is 22.8 Å². The number of aryl methyl sites for hydroxylation is 2. The van der Waals surface area contributed by atoms with Gasteiger partial charge in [-0.3, -0.25) is 9.59 Å². The highest BCUT2D eigenvalue weighted by Gasteiger charge is 2.37. The summed E-state index contributed by atoms with van der Waals surface area (Å²) < 4.78 is 13.7. The van der Waals surface area contributed by atoms with E-state index in [1.165, 1.54) is 0 Å². The number of carbonyl (C=O) groups excluding carboxylic acids is 2. The number of likely N-dealkylation sites (tertiary alicyclic amines) is 1. The second-order valence-corrected chi connectivity index (χ2v) is 7.38. The van der Waals surface area contributed by atoms with Gasteiger partial charge in [-0.25, -0.2) is 4.98 Å². The lowest BCUT2D eigenvalue weighted by molar-refractivity contribution is -0.129. The second-order valence-electron chi connectivity index (χ2n) is 7.38. The van der Waals surface area contributed by atoms with Crippen molar-refractivity contribution in [1.29, 1.82) is 0 Å². The number of aromatic nitrogens is 2. The lowest BCUT2D eigenvalue weighted by Crippen LogP contribution is -2.29. The average Bonchev–Trinajstić information content (AvgIpc) is 3.37. The molecule has 3 heterocycles. The number of benzene rings is 1. The fourth-order valence-corrected chi connectivity index (χ4v) is 4.11. The highest BCUT2D eigenvalue weighted by atomic mass is 16.5. The van der Waals surface area contributed by atoms with E-state index in [1.807, 2.05) is 17.8 Å². The summed E-state index contributed by atoms with van der Waals surface area (Å²) in [5.74, 6) is 0.348. The first-order chi connectivity index (χ1) is 14.4. The van der Waals surface area contributed by atoms with Crippen LogP contribution in [-0.2, 0) is 18.4 Å². The van der Waals surface area contributed by atoms with E-state index in [-0.39, 0.29) is 31.2 Å². The molecule has 9 nitrogen and oxygen atoms in total. The molecule has 0 aliphatic carbocycles. The number of nitrogens with zero attached hydrogens (tertiary/aromatic N) is 3. The summed E-state index contributed by atoms with van der Waals surface area (Å²) in [6, 6.07) is 3.47. The number of fused-ring (bicyclic) bond motifs is 1. The van der Waals surface area contributed by atoms with Crippen molar-refractivity contribution in [1.82, 2.24) is 14.5 Å². The van der Waals surface area contributed by atoms with Crippen molar-refractivity contribution in [3.05, 3.63) is 47.2 Å². The van der Waals surface area contributed by atoms with Crippen molar-refractivity contribution in [2.75, 3.05) is 19.7 Å². The normalized spacial score (nSPS) is 16.6. The number of hydrogen-bond acceptors (Lipinski definition) is 6. The van der Waals surface area contributed by atoms with E-state index in [0.717, 1.165) is 5.82 Å². The minimum absolute atomic E-state index is 0.109. The van der Waals surface area contributed by atoms with Gasteiger partial charge < -0.3 is 29.5 Å². The quantitative estimate of drug-likeness (QED) is 0.605. The zero-order valence-electron chi connectivity index (χ0n) is 16.9. The van der Waals surface area contributed by atoms with Crippen molar-refractivity contribution in [2.45, 2.75) is 25.9 Å². The molecule has 0 radical (unpaired) electrons. The number of ether oxygens (including phenoxy) is 1. The first-order valence-corrected chi connectivity index (χ1v) is 9.76. The van der Waals surface area contributed by atoms with E-state index in [2.05, 4.69) is 4.98 Å². The summed E-state index contributed by atoms with van der Waals surface area (Å²) in [5, 5.41) is 9.78. The molecule has 30 heavy (non-hydrogen) atoms. The van der Waals surface area contributed by atoms with Crippen LogP contribution in [0.15, 0.2) is 28.9 Å². The first-order valence-electron chi connectivity index (χ1n) is 9.76. The van der Waals surface area contributed by atoms with Gasteiger partial charge in [-0.15, -0.1) is 0 Å². The third kappa shape index (κ3) is 3.30. The van der Waals surface area contributed by atoms with Gasteiger partial charge in [0.1, 0.15) is 29.5 Å². The number of rotatable bonds is 7. The predicted octanol–water partition coefficient (Wildman–Crippen LogP) is 1.46. The number of β-amino-alcohol motifs (C(OH)–C–C–N with tert-alkyl or cyclic N) is 1. The van der Waals surface area contributed by atoms with Crippen LogP contribution in [0.2, 0.25) is 0 Å². The summed E-state index contributed by atoms with van der Waals surface area (Å²) >= 11 is 0. The maximum atomic E-state index is 13.1. The van der Waals surface area contributed by atoms with Crippen LogP contribution in [0.3, 0.4) is 0 Å². The minimum Gasteiger partial charge on any atom is -0.485 e. The molecule has 2 amide bonds. The molecule has 1 aliphatic rings. The largest absolute Gasteiger partial charge is 0.485 e. The Morgan fingerprint density at radius 1 is 1.43 bits per heavy atom. The number of furan rings is 1. The standard InChI is InChI=1S/C21H24N4O5/c1-12-17(20(22)27)19-15(30-12)4-3-14(29-11-16-23-6-8-24(16)2)18(19)13-5-7-25(9-10-26)21(13)28/h3-4,6,8,13,26H,5,7,9-11H2,1-2H3,(H2,22,27). The molecule has 3 N–H and O–H groups in total. The van der Waals surface area contributed by atoms with E-state index < -0.39 is 11.8 Å². The van der Waals surface area contributed by atoms with Crippen molar-refractivity contribution < 1.29 is 23.8 Å². The molecule has 0 saturated carbocycles. The molecule has 158 valence electrons. The molecule has 9 heteroatoms. The Morgan fingerprint density at radius 2 is 2.23 bits per heavy atom. The second kappa shape index (κ2) is 7.83. The molecule has 1 saturated heterocycles. The minimum atomic E-state index is -0.619. The van der Waals surface area contributed by atoms with E-state index in [1.54, 1.807) is 30.2 Å². The predicted molar refractivity (Wildman–Crippen MR) is 108 cm³/mol. The monoisotopic (exact) mass is 412 g/mol. The van der Waals surface area contributed by atoms with Crippen LogP contribution in [0.5, 0.6) is 5.75 Å². The molecule has 0 bridgehead atoms. The van der Waals surface area contributed by atoms with Crippen LogP contribution in [-0.4, -0.2) is 51.1 Å². The van der Waals surface area contributed by atoms with Gasteiger partial charge in [-0.05, 0) is 25.5 Å². The number of hydrogen-bond donors (Lipinski definition) is 2. The number of carbonyl (C=O) groups is 2. The van der Waals surface area contributed by atoms with Crippen LogP contribution in [0.4, 0.5) is 0 Å². The Labute approximate surface area is 173 Å².